The Morgan fingerprint density at radius 1 is 1.24 bits per heavy atom. The van der Waals surface area contributed by atoms with Gasteiger partial charge in [-0.25, -0.2) is 0 Å². The lowest BCUT2D eigenvalue weighted by Crippen LogP contribution is -2.47. The normalized spacial score (nSPS) is 22.0. The van der Waals surface area contributed by atoms with E-state index in [0.29, 0.717) is 23.8 Å². The van der Waals surface area contributed by atoms with E-state index in [1.165, 1.54) is 12.8 Å². The molecule has 21 heavy (non-hydrogen) atoms. The van der Waals surface area contributed by atoms with E-state index < -0.39 is 6.04 Å². The van der Waals surface area contributed by atoms with E-state index in [1.54, 1.807) is 6.07 Å². The molecule has 1 aliphatic carbocycles. The van der Waals surface area contributed by atoms with E-state index in [1.807, 2.05) is 23.1 Å². The molecule has 0 radical (unpaired) electrons. The van der Waals surface area contributed by atoms with Gasteiger partial charge in [0.15, 0.2) is 0 Å². The number of hydrogen-bond donors (Lipinski definition) is 1. The summed E-state index contributed by atoms with van der Waals surface area (Å²) in [4.78, 5) is 27.1. The first-order chi connectivity index (χ1) is 10.1. The second kappa shape index (κ2) is 5.51. The van der Waals surface area contributed by atoms with Crippen LogP contribution in [0.4, 0.5) is 5.69 Å². The van der Waals surface area contributed by atoms with Crippen molar-refractivity contribution < 1.29 is 9.59 Å². The fraction of sp³-hybridized carbons (Fsp3) is 0.529. The van der Waals surface area contributed by atoms with Crippen LogP contribution in [0.3, 0.4) is 0 Å². The predicted molar refractivity (Wildman–Crippen MR) is 82.2 cm³/mol. The van der Waals surface area contributed by atoms with Gasteiger partial charge in [-0.2, -0.15) is 0 Å². The molecule has 0 spiro atoms. The molecule has 3 rings (SSSR count). The van der Waals surface area contributed by atoms with E-state index in [-0.39, 0.29) is 11.8 Å². The standard InChI is InChI=1S/C17H22N2O2/c1-11(2)9-14-17(21)19(10-12-7-8-12)15-6-4-3-5-13(15)16(20)18-14/h3-6,11-12,14H,7-10H2,1-2H3,(H,18,20). The largest absolute Gasteiger partial charge is 0.340 e. The molecule has 0 bridgehead atoms. The fourth-order valence-electron chi connectivity index (χ4n) is 2.88. The van der Waals surface area contributed by atoms with Gasteiger partial charge in [0, 0.05) is 6.54 Å². The highest BCUT2D eigenvalue weighted by Gasteiger charge is 2.36. The molecule has 0 aromatic heterocycles. The van der Waals surface area contributed by atoms with Crippen LogP contribution in [0.15, 0.2) is 24.3 Å². The third-order valence-electron chi connectivity index (χ3n) is 4.15. The zero-order chi connectivity index (χ0) is 15.0. The van der Waals surface area contributed by atoms with E-state index in [4.69, 9.17) is 0 Å². The number of fused-ring (bicyclic) bond motifs is 1. The molecule has 1 atom stereocenters. The van der Waals surface area contributed by atoms with E-state index >= 15 is 0 Å². The average Bonchev–Trinajstić information content (AvgIpc) is 3.26. The van der Waals surface area contributed by atoms with Crippen LogP contribution in [0.5, 0.6) is 0 Å². The van der Waals surface area contributed by atoms with Crippen LogP contribution in [0, 0.1) is 11.8 Å². The van der Waals surface area contributed by atoms with E-state index in [2.05, 4.69) is 19.2 Å². The number of benzene rings is 1. The van der Waals surface area contributed by atoms with Crippen LogP contribution in [0.25, 0.3) is 0 Å². The number of anilines is 1. The molecule has 4 nitrogen and oxygen atoms in total. The molecule has 2 aliphatic rings. The van der Waals surface area contributed by atoms with Crippen molar-refractivity contribution in [2.24, 2.45) is 11.8 Å². The first kappa shape index (κ1) is 14.1. The number of nitrogens with one attached hydrogen (secondary N) is 1. The molecule has 1 saturated carbocycles. The highest BCUT2D eigenvalue weighted by atomic mass is 16.2. The molecule has 1 N–H and O–H groups in total. The van der Waals surface area contributed by atoms with Gasteiger partial charge in [0.2, 0.25) is 5.91 Å². The molecule has 1 unspecified atom stereocenters. The lowest BCUT2D eigenvalue weighted by molar-refractivity contribution is -0.120. The van der Waals surface area contributed by atoms with E-state index in [9.17, 15) is 9.59 Å². The summed E-state index contributed by atoms with van der Waals surface area (Å²) in [6.45, 7) is 4.88. The molecule has 1 fully saturated rings. The van der Waals surface area contributed by atoms with Gasteiger partial charge >= 0.3 is 0 Å². The number of nitrogens with zero attached hydrogens (tertiary/aromatic N) is 1. The van der Waals surface area contributed by atoms with Gasteiger partial charge in [0.05, 0.1) is 11.3 Å². The minimum absolute atomic E-state index is 0.0360. The molecule has 1 aliphatic heterocycles. The van der Waals surface area contributed by atoms with Crippen LogP contribution < -0.4 is 10.2 Å². The molecule has 1 aromatic rings. The maximum atomic E-state index is 12.9. The van der Waals surface area contributed by atoms with Crippen molar-refractivity contribution in [1.82, 2.24) is 5.32 Å². The third-order valence-corrected chi connectivity index (χ3v) is 4.15. The predicted octanol–water partition coefficient (Wildman–Crippen LogP) is 2.59. The van der Waals surface area contributed by atoms with Gasteiger partial charge in [0.25, 0.3) is 5.91 Å². The zero-order valence-corrected chi connectivity index (χ0v) is 12.6. The van der Waals surface area contributed by atoms with Gasteiger partial charge in [-0.1, -0.05) is 26.0 Å². The second-order valence-corrected chi connectivity index (χ2v) is 6.56. The maximum Gasteiger partial charge on any atom is 0.254 e. The number of amides is 2. The summed E-state index contributed by atoms with van der Waals surface area (Å²) in [5, 5.41) is 2.91. The van der Waals surface area contributed by atoms with Crippen molar-refractivity contribution >= 4 is 17.5 Å². The van der Waals surface area contributed by atoms with Crippen molar-refractivity contribution in [2.45, 2.75) is 39.2 Å². The lowest BCUT2D eigenvalue weighted by Gasteiger charge is -2.26. The molecular formula is C17H22N2O2. The number of carbonyl (C=O) groups excluding carboxylic acids is 2. The molecule has 1 heterocycles. The fourth-order valence-corrected chi connectivity index (χ4v) is 2.88. The van der Waals surface area contributed by atoms with Gasteiger partial charge in [-0.3, -0.25) is 9.59 Å². The van der Waals surface area contributed by atoms with Crippen molar-refractivity contribution in [3.05, 3.63) is 29.8 Å². The van der Waals surface area contributed by atoms with Crippen LogP contribution in [0.1, 0.15) is 43.5 Å². The Kier molecular flexibility index (Phi) is 3.70. The number of hydrogen-bond acceptors (Lipinski definition) is 2. The zero-order valence-electron chi connectivity index (χ0n) is 12.6. The Bertz CT molecular complexity index is 564. The van der Waals surface area contributed by atoms with Gasteiger partial charge in [-0.15, -0.1) is 0 Å². The summed E-state index contributed by atoms with van der Waals surface area (Å²) in [7, 11) is 0. The summed E-state index contributed by atoms with van der Waals surface area (Å²) >= 11 is 0. The summed E-state index contributed by atoms with van der Waals surface area (Å²) in [6.07, 6.45) is 3.05. The maximum absolute atomic E-state index is 12.9. The van der Waals surface area contributed by atoms with Gasteiger partial charge in [-0.05, 0) is 43.2 Å². The lowest BCUT2D eigenvalue weighted by atomic mass is 10.0. The van der Waals surface area contributed by atoms with Crippen LogP contribution >= 0.6 is 0 Å². The van der Waals surface area contributed by atoms with Crippen molar-refractivity contribution in [1.29, 1.82) is 0 Å². The first-order valence-corrected chi connectivity index (χ1v) is 7.77. The van der Waals surface area contributed by atoms with Crippen LogP contribution in [-0.4, -0.2) is 24.4 Å². The molecule has 112 valence electrons. The Morgan fingerprint density at radius 2 is 1.95 bits per heavy atom. The molecular weight excluding hydrogens is 264 g/mol. The molecule has 1 aromatic carbocycles. The Morgan fingerprint density at radius 3 is 2.62 bits per heavy atom. The smallest absolute Gasteiger partial charge is 0.254 e. The van der Waals surface area contributed by atoms with Crippen molar-refractivity contribution in [3.8, 4) is 0 Å². The van der Waals surface area contributed by atoms with Crippen molar-refractivity contribution in [2.75, 3.05) is 11.4 Å². The topological polar surface area (TPSA) is 49.4 Å². The molecule has 2 amide bonds. The minimum atomic E-state index is -0.413. The van der Waals surface area contributed by atoms with Crippen molar-refractivity contribution in [3.63, 3.8) is 0 Å². The average molecular weight is 286 g/mol. The third kappa shape index (κ3) is 2.94. The van der Waals surface area contributed by atoms with Gasteiger partial charge < -0.3 is 10.2 Å². The highest BCUT2D eigenvalue weighted by molar-refractivity contribution is 6.10. The summed E-state index contributed by atoms with van der Waals surface area (Å²) in [6, 6.07) is 7.01. The SMILES string of the molecule is CC(C)CC1NC(=O)c2ccccc2N(CC2CC2)C1=O. The Labute approximate surface area is 125 Å². The number of para-hydroxylation sites is 1. The van der Waals surface area contributed by atoms with E-state index in [0.717, 1.165) is 12.2 Å². The molecule has 4 heteroatoms. The summed E-state index contributed by atoms with van der Waals surface area (Å²) in [5.41, 5.74) is 1.37. The summed E-state index contributed by atoms with van der Waals surface area (Å²) in [5.74, 6) is 0.856. The molecule has 0 saturated heterocycles. The Hall–Kier alpha value is -1.84. The minimum Gasteiger partial charge on any atom is -0.340 e. The highest BCUT2D eigenvalue weighted by Crippen LogP contribution is 2.34. The number of rotatable bonds is 4. The first-order valence-electron chi connectivity index (χ1n) is 7.77. The Balaban J connectivity index is 1.97. The number of carbonyl (C=O) groups is 2. The quantitative estimate of drug-likeness (QED) is 0.925. The van der Waals surface area contributed by atoms with Crippen LogP contribution in [0.2, 0.25) is 0 Å². The van der Waals surface area contributed by atoms with Crippen LogP contribution in [-0.2, 0) is 4.79 Å². The monoisotopic (exact) mass is 286 g/mol. The summed E-state index contributed by atoms with van der Waals surface area (Å²) < 4.78 is 0. The second-order valence-electron chi connectivity index (χ2n) is 6.56. The van der Waals surface area contributed by atoms with Gasteiger partial charge in [0.1, 0.15) is 6.04 Å².